The van der Waals surface area contributed by atoms with Crippen molar-refractivity contribution >= 4 is 82.5 Å². The van der Waals surface area contributed by atoms with E-state index < -0.39 is 179 Å². The summed E-state index contributed by atoms with van der Waals surface area (Å²) in [5.41, 5.74) is -3.52. The summed E-state index contributed by atoms with van der Waals surface area (Å²) in [5.74, 6) is -9.43. The van der Waals surface area contributed by atoms with Crippen LogP contribution in [0.15, 0.2) is 18.2 Å². The number of ether oxygens (including phenoxy) is 2. The van der Waals surface area contributed by atoms with E-state index in [2.05, 4.69) is 26.6 Å². The topological polar surface area (TPSA) is 306 Å². The quantitative estimate of drug-likeness (QED) is 0.120. The minimum atomic E-state index is -4.81. The van der Waals surface area contributed by atoms with Crippen LogP contribution in [0.25, 0.3) is 0 Å². The molecule has 1 unspecified atom stereocenters. The molecule has 9 atom stereocenters. The Morgan fingerprint density at radius 2 is 1.27 bits per heavy atom. The predicted molar refractivity (Wildman–Crippen MR) is 367 cm³/mol. The van der Waals surface area contributed by atoms with Gasteiger partial charge in [-0.05, 0) is 128 Å². The van der Waals surface area contributed by atoms with Crippen LogP contribution in [0.4, 0.5) is 13.2 Å². The van der Waals surface area contributed by atoms with E-state index in [9.17, 15) is 65.9 Å². The van der Waals surface area contributed by atoms with Gasteiger partial charge in [0.05, 0.1) is 36.9 Å². The zero-order valence-electron chi connectivity index (χ0n) is 61.8. The Kier molecular flexibility index (Phi) is 33.1. The molecule has 2 fully saturated rings. The summed E-state index contributed by atoms with van der Waals surface area (Å²) < 4.78 is 53.4. The average Bonchev–Trinajstić information content (AvgIpc) is 0.798. The predicted octanol–water partition coefficient (Wildman–Crippen LogP) is 4.41. The molecule has 0 spiro atoms. The summed E-state index contributed by atoms with van der Waals surface area (Å²) in [6.07, 6.45) is -4.24. The van der Waals surface area contributed by atoms with Crippen LogP contribution in [0, 0.1) is 23.7 Å². The first-order valence-corrected chi connectivity index (χ1v) is 34.6. The number of alkyl halides is 3. The van der Waals surface area contributed by atoms with E-state index in [1.807, 2.05) is 48.5 Å². The minimum absolute atomic E-state index is 0.0199. The molecule has 0 radical (unpaired) electrons. The van der Waals surface area contributed by atoms with Gasteiger partial charge in [-0.1, -0.05) is 79.5 Å². The van der Waals surface area contributed by atoms with E-state index in [-0.39, 0.29) is 88.1 Å². The number of nitrogens with zero attached hydrogens (tertiary/aromatic N) is 7. The lowest BCUT2D eigenvalue weighted by atomic mass is 9.95. The molecular formula is C69H112ClF3N12O14. The molecule has 2 aliphatic heterocycles. The molecule has 3 rings (SSSR count). The second kappa shape index (κ2) is 38.0. The molecule has 0 aromatic heterocycles. The summed E-state index contributed by atoms with van der Waals surface area (Å²) in [5, 5.41) is 13.1. The Labute approximate surface area is 587 Å². The molecule has 0 aliphatic carbocycles. The number of hydrogen-bond acceptors (Lipinski definition) is 14. The first-order valence-electron chi connectivity index (χ1n) is 34.2. The van der Waals surface area contributed by atoms with Gasteiger partial charge in [0.15, 0.2) is 0 Å². The van der Waals surface area contributed by atoms with E-state index in [0.717, 1.165) is 37.8 Å². The summed E-state index contributed by atoms with van der Waals surface area (Å²) in [7, 11) is 6.61. The Morgan fingerprint density at radius 1 is 0.697 bits per heavy atom. The van der Waals surface area contributed by atoms with Crippen LogP contribution in [0.3, 0.4) is 0 Å². The van der Waals surface area contributed by atoms with E-state index >= 15 is 4.79 Å². The van der Waals surface area contributed by atoms with Gasteiger partial charge >= 0.3 is 6.18 Å². The molecule has 12 amide bonds. The van der Waals surface area contributed by atoms with Gasteiger partial charge in [0.25, 0.3) is 0 Å². The largest absolute Gasteiger partial charge is 0.417 e. The summed E-state index contributed by atoms with van der Waals surface area (Å²) in [6.45, 7) is 23.4. The summed E-state index contributed by atoms with van der Waals surface area (Å²) >= 11 is 6.12. The van der Waals surface area contributed by atoms with Gasteiger partial charge in [-0.3, -0.25) is 57.5 Å². The normalized spacial score (nSPS) is 24.0. The fraction of sp³-hybridized carbons (Fsp3) is 0.739. The average molecular weight is 1430 g/mol. The van der Waals surface area contributed by atoms with Gasteiger partial charge in [-0.15, -0.1) is 0 Å². The third kappa shape index (κ3) is 25.8. The number of fused-ring (bicyclic) bond motifs is 1. The highest BCUT2D eigenvalue weighted by atomic mass is 35.5. The van der Waals surface area contributed by atoms with Gasteiger partial charge in [-0.25, -0.2) is 0 Å². The highest BCUT2D eigenvalue weighted by Gasteiger charge is 2.46. The Hall–Kier alpha value is -7.14. The van der Waals surface area contributed by atoms with Crippen LogP contribution in [-0.2, 0) is 79.6 Å². The van der Waals surface area contributed by atoms with Crippen molar-refractivity contribution in [2.45, 2.75) is 221 Å². The zero-order valence-corrected chi connectivity index (χ0v) is 62.6. The molecule has 560 valence electrons. The van der Waals surface area contributed by atoms with Crippen LogP contribution in [0.1, 0.15) is 160 Å². The van der Waals surface area contributed by atoms with Gasteiger partial charge in [0.1, 0.15) is 54.4 Å². The highest BCUT2D eigenvalue weighted by Crippen LogP contribution is 2.35. The third-order valence-electron chi connectivity index (χ3n) is 17.7. The van der Waals surface area contributed by atoms with E-state index in [4.69, 9.17) is 21.1 Å². The Bertz CT molecular complexity index is 3000. The van der Waals surface area contributed by atoms with Gasteiger partial charge < -0.3 is 70.4 Å². The first-order chi connectivity index (χ1) is 45.8. The molecule has 0 bridgehead atoms. The van der Waals surface area contributed by atoms with Crippen LogP contribution in [0.5, 0.6) is 0 Å². The minimum Gasteiger partial charge on any atom is -0.379 e. The lowest BCUT2D eigenvalue weighted by Crippen LogP contribution is -2.64. The third-order valence-corrected chi connectivity index (χ3v) is 18.0. The number of halogens is 4. The maximum Gasteiger partial charge on any atom is 0.417 e. The molecule has 30 heteroatoms. The summed E-state index contributed by atoms with van der Waals surface area (Å²) in [6, 6.07) is -7.23. The highest BCUT2D eigenvalue weighted by molar-refractivity contribution is 6.31. The number of rotatable bonds is 19. The fourth-order valence-electron chi connectivity index (χ4n) is 11.5. The smallest absolute Gasteiger partial charge is 0.379 e. The first kappa shape index (κ1) is 86.1. The van der Waals surface area contributed by atoms with Crippen molar-refractivity contribution in [1.29, 1.82) is 0 Å². The number of nitrogens with one attached hydrogen (secondary N) is 5. The van der Waals surface area contributed by atoms with Crippen molar-refractivity contribution in [2.75, 3.05) is 87.8 Å². The number of aryl methyl sites for hydroxylation is 1. The number of benzene rings is 1. The van der Waals surface area contributed by atoms with Crippen LogP contribution in [0.2, 0.25) is 5.02 Å². The number of amides is 12. The molecule has 2 aliphatic rings. The molecule has 1 aromatic carbocycles. The van der Waals surface area contributed by atoms with Crippen LogP contribution in [-0.4, -0.2) is 252 Å². The van der Waals surface area contributed by atoms with Crippen molar-refractivity contribution in [3.05, 3.63) is 34.3 Å². The molecule has 5 N–H and O–H groups in total. The number of carbonyl (C=O) groups is 12. The van der Waals surface area contributed by atoms with Crippen LogP contribution < -0.4 is 26.6 Å². The van der Waals surface area contributed by atoms with E-state index in [1.165, 1.54) is 63.8 Å². The van der Waals surface area contributed by atoms with Crippen molar-refractivity contribution < 1.29 is 80.2 Å². The molecule has 0 saturated carbocycles. The second-order valence-corrected chi connectivity index (χ2v) is 29.6. The van der Waals surface area contributed by atoms with Crippen molar-refractivity contribution in [2.24, 2.45) is 23.7 Å². The van der Waals surface area contributed by atoms with Gasteiger partial charge in [0.2, 0.25) is 70.9 Å². The van der Waals surface area contributed by atoms with E-state index in [0.29, 0.717) is 12.8 Å². The molecule has 2 saturated heterocycles. The molecule has 1 aromatic rings. The van der Waals surface area contributed by atoms with Crippen molar-refractivity contribution in [3.8, 4) is 0 Å². The van der Waals surface area contributed by atoms with Crippen molar-refractivity contribution in [3.63, 3.8) is 0 Å². The Balaban J connectivity index is 2.31. The molecular weight excluding hydrogens is 1310 g/mol. The van der Waals surface area contributed by atoms with Gasteiger partial charge in [0, 0.05) is 72.9 Å². The fourth-order valence-corrected chi connectivity index (χ4v) is 11.8. The van der Waals surface area contributed by atoms with Gasteiger partial charge in [-0.2, -0.15) is 13.2 Å². The molecule has 26 nitrogen and oxygen atoms in total. The Morgan fingerprint density at radius 3 is 1.80 bits per heavy atom. The second-order valence-electron chi connectivity index (χ2n) is 29.2. The standard InChI is InChI=1S/C69H112ClF3N12O14/c1-21-43(9)58-65(96)84(22-2)36-57(89)85-29-27-49(85)64(95)82(19)53(38-98-30-28-40(3)4)63(94)79(16)35-54(86)75-48(26-24-45-23-25-46(47(70)34-45)69(71,72)73)62(93)81(18)52(37-99-39-55(87)77-67(11,12)13)61(92)78-68(14,15)66(97)83(20)51(32-42(7)8)59(90)74-44(10)33-56(88)80(17)50(31-41(5)6)60(91)76-58/h23,25,34,40-44,48-53,58H,21-22,24,26-33,35-39H2,1-20H3,(H,74,90)(H,75,86)(H,76,91)(H,77,87)(H,78,92)/t43-,44+,48-,49?,50-,51-,52-,53-,58-/m0/s1. The monoisotopic (exact) mass is 1420 g/mol. The molecule has 99 heavy (non-hydrogen) atoms. The number of likely N-dealkylation sites (N-methyl/N-ethyl adjacent to an activating group) is 6. The van der Waals surface area contributed by atoms with Crippen molar-refractivity contribution in [1.82, 2.24) is 60.9 Å². The maximum absolute atomic E-state index is 15.2. The SMILES string of the molecule is CC[C@H](C)[C@@H]1NC(=O)[C@H](CC(C)C)N(C)C(=O)C[C@@H](C)NC(=O)[C@H](CC(C)C)N(C)C(=O)C(C)(C)NC(=O)[C@H](COCC(=O)NC(C)(C)C)N(C)C(=O)[C@H](CCc2ccc(C(F)(F)F)c(Cl)c2)NC(=O)CN(C)C(=O)[C@H](COCCC(C)C)N(C)C(=O)C2CCN2C(=O)CN(CC)C1=O. The molecule has 2 heterocycles. The van der Waals surface area contributed by atoms with E-state index in [1.54, 1.807) is 41.5 Å². The lowest BCUT2D eigenvalue weighted by molar-refractivity contribution is -0.159. The number of hydrogen-bond donors (Lipinski definition) is 5. The van der Waals surface area contributed by atoms with Crippen LogP contribution >= 0.6 is 11.6 Å². The summed E-state index contributed by atoms with van der Waals surface area (Å²) in [4.78, 5) is 182. The lowest BCUT2D eigenvalue weighted by Gasteiger charge is -2.43. The number of carbonyl (C=O) groups excluding carboxylic acids is 12. The maximum atomic E-state index is 15.2. The zero-order chi connectivity index (χ0) is 75.5.